The molecule has 2 atom stereocenters. The average Bonchev–Trinajstić information content (AvgIpc) is 3.23. The van der Waals surface area contributed by atoms with Crippen LogP contribution >= 0.6 is 0 Å². The van der Waals surface area contributed by atoms with Crippen LogP contribution in [0.4, 0.5) is 0 Å². The van der Waals surface area contributed by atoms with E-state index in [9.17, 15) is 4.79 Å². The normalized spacial score (nSPS) is 17.8. The van der Waals surface area contributed by atoms with Crippen molar-refractivity contribution in [2.24, 2.45) is 5.92 Å². The summed E-state index contributed by atoms with van der Waals surface area (Å²) in [6.45, 7) is 3.27. The fraction of sp³-hybridized carbons (Fsp3) is 0.265. The van der Waals surface area contributed by atoms with Crippen molar-refractivity contribution in [3.05, 3.63) is 144 Å². The van der Waals surface area contributed by atoms with Gasteiger partial charge in [0.25, 0.3) is 0 Å². The van der Waals surface area contributed by atoms with Crippen molar-refractivity contribution in [1.82, 2.24) is 4.90 Å². The predicted octanol–water partition coefficient (Wildman–Crippen LogP) is 6.86. The minimum atomic E-state index is -0.769. The molecule has 0 N–H and O–H groups in total. The molecule has 3 heteroatoms. The standard InChI is InChI=1S/C34H35NO2/c1-27-25-32(35(33(27)36)24-14-17-28-15-6-2-7-16-28)26-37-34(29-18-8-3-9-19-29,30-20-10-4-11-21-30)31-22-12-5-13-23-31/h2-13,15-16,18-23,27,32H,14,17,24-26H2,1H3/t27-,32+/m1/s1. The lowest BCUT2D eigenvalue weighted by atomic mass is 9.80. The van der Waals surface area contributed by atoms with Gasteiger partial charge in [-0.05, 0) is 41.5 Å². The molecular formula is C34H35NO2. The molecule has 0 radical (unpaired) electrons. The zero-order chi connectivity index (χ0) is 25.5. The second kappa shape index (κ2) is 11.6. The third-order valence-corrected chi connectivity index (χ3v) is 7.51. The van der Waals surface area contributed by atoms with Crippen LogP contribution in [0.25, 0.3) is 0 Å². The van der Waals surface area contributed by atoms with Crippen LogP contribution in [0, 0.1) is 5.92 Å². The van der Waals surface area contributed by atoms with Crippen LogP contribution in [0.2, 0.25) is 0 Å². The van der Waals surface area contributed by atoms with Crippen LogP contribution in [-0.2, 0) is 21.6 Å². The first-order valence-electron chi connectivity index (χ1n) is 13.3. The van der Waals surface area contributed by atoms with Crippen molar-refractivity contribution in [2.75, 3.05) is 13.2 Å². The highest BCUT2D eigenvalue weighted by Crippen LogP contribution is 2.41. The lowest BCUT2D eigenvalue weighted by Gasteiger charge is -2.38. The Kier molecular flexibility index (Phi) is 7.82. The Morgan fingerprint density at radius 2 is 1.19 bits per heavy atom. The number of amides is 1. The third kappa shape index (κ3) is 5.38. The summed E-state index contributed by atoms with van der Waals surface area (Å²) in [4.78, 5) is 15.2. The van der Waals surface area contributed by atoms with Crippen LogP contribution in [0.3, 0.4) is 0 Å². The van der Waals surface area contributed by atoms with Gasteiger partial charge in [-0.15, -0.1) is 0 Å². The fourth-order valence-corrected chi connectivity index (χ4v) is 5.64. The van der Waals surface area contributed by atoms with Crippen LogP contribution in [0.5, 0.6) is 0 Å². The summed E-state index contributed by atoms with van der Waals surface area (Å²) < 4.78 is 7.07. The van der Waals surface area contributed by atoms with E-state index in [0.717, 1.165) is 42.5 Å². The van der Waals surface area contributed by atoms with E-state index in [-0.39, 0.29) is 17.9 Å². The van der Waals surface area contributed by atoms with E-state index >= 15 is 0 Å². The monoisotopic (exact) mass is 489 g/mol. The number of likely N-dealkylation sites (tertiary alicyclic amines) is 1. The maximum absolute atomic E-state index is 13.2. The summed E-state index contributed by atoms with van der Waals surface area (Å²) >= 11 is 0. The quantitative estimate of drug-likeness (QED) is 0.228. The number of carbonyl (C=O) groups excluding carboxylic acids is 1. The molecular weight excluding hydrogens is 454 g/mol. The van der Waals surface area contributed by atoms with E-state index in [2.05, 4.69) is 102 Å². The van der Waals surface area contributed by atoms with Crippen molar-refractivity contribution in [3.63, 3.8) is 0 Å². The number of rotatable bonds is 10. The molecule has 0 bridgehead atoms. The van der Waals surface area contributed by atoms with Crippen molar-refractivity contribution in [2.45, 2.75) is 37.8 Å². The highest BCUT2D eigenvalue weighted by atomic mass is 16.5. The Bertz CT molecular complexity index is 1160. The second-order valence-corrected chi connectivity index (χ2v) is 10.0. The Morgan fingerprint density at radius 1 is 0.730 bits per heavy atom. The van der Waals surface area contributed by atoms with Crippen molar-refractivity contribution in [1.29, 1.82) is 0 Å². The Hall–Kier alpha value is -3.69. The van der Waals surface area contributed by atoms with Gasteiger partial charge in [0.1, 0.15) is 5.60 Å². The zero-order valence-electron chi connectivity index (χ0n) is 21.5. The molecule has 37 heavy (non-hydrogen) atoms. The van der Waals surface area contributed by atoms with Crippen molar-refractivity contribution >= 4 is 5.91 Å². The minimum absolute atomic E-state index is 0.0184. The molecule has 4 aromatic carbocycles. The molecule has 5 rings (SSSR count). The van der Waals surface area contributed by atoms with Gasteiger partial charge in [-0.3, -0.25) is 4.79 Å². The molecule has 1 heterocycles. The first-order valence-corrected chi connectivity index (χ1v) is 13.3. The van der Waals surface area contributed by atoms with E-state index in [0.29, 0.717) is 6.61 Å². The lowest BCUT2D eigenvalue weighted by molar-refractivity contribution is -0.133. The van der Waals surface area contributed by atoms with Crippen molar-refractivity contribution < 1.29 is 9.53 Å². The van der Waals surface area contributed by atoms with E-state index in [1.165, 1.54) is 5.56 Å². The molecule has 0 aliphatic carbocycles. The first kappa shape index (κ1) is 25.0. The number of carbonyl (C=O) groups is 1. The number of nitrogens with zero attached hydrogens (tertiary/aromatic N) is 1. The largest absolute Gasteiger partial charge is 0.359 e. The highest BCUT2D eigenvalue weighted by Gasteiger charge is 2.41. The molecule has 1 aliphatic rings. The number of hydrogen-bond donors (Lipinski definition) is 0. The minimum Gasteiger partial charge on any atom is -0.359 e. The van der Waals surface area contributed by atoms with Crippen molar-refractivity contribution in [3.8, 4) is 0 Å². The van der Waals surface area contributed by atoms with Gasteiger partial charge in [-0.1, -0.05) is 128 Å². The summed E-state index contributed by atoms with van der Waals surface area (Å²) in [5.41, 5.74) is 3.79. The molecule has 0 spiro atoms. The SMILES string of the molecule is C[C@@H]1C[C@@H](COC(c2ccccc2)(c2ccccc2)c2ccccc2)N(CCCc2ccccc2)C1=O. The smallest absolute Gasteiger partial charge is 0.225 e. The van der Waals surface area contributed by atoms with Crippen LogP contribution in [0.1, 0.15) is 42.0 Å². The maximum atomic E-state index is 13.2. The number of hydrogen-bond acceptors (Lipinski definition) is 2. The lowest BCUT2D eigenvalue weighted by Crippen LogP contribution is -2.41. The third-order valence-electron chi connectivity index (χ3n) is 7.51. The predicted molar refractivity (Wildman–Crippen MR) is 149 cm³/mol. The van der Waals surface area contributed by atoms with Gasteiger partial charge in [-0.2, -0.15) is 0 Å². The summed E-state index contributed by atoms with van der Waals surface area (Å²) in [6.07, 6.45) is 2.73. The molecule has 1 amide bonds. The van der Waals surface area contributed by atoms with E-state index in [4.69, 9.17) is 4.74 Å². The molecule has 188 valence electrons. The van der Waals surface area contributed by atoms with E-state index in [1.54, 1.807) is 0 Å². The first-order chi connectivity index (χ1) is 18.2. The van der Waals surface area contributed by atoms with Crippen LogP contribution < -0.4 is 0 Å². The van der Waals surface area contributed by atoms with Gasteiger partial charge in [0.05, 0.1) is 12.6 Å². The average molecular weight is 490 g/mol. The number of aryl methyl sites for hydroxylation is 1. The number of ether oxygens (including phenoxy) is 1. The van der Waals surface area contributed by atoms with Gasteiger partial charge in [0, 0.05) is 12.5 Å². The number of benzene rings is 4. The highest BCUT2D eigenvalue weighted by molar-refractivity contribution is 5.81. The molecule has 4 aromatic rings. The van der Waals surface area contributed by atoms with Gasteiger partial charge in [0.15, 0.2) is 0 Å². The van der Waals surface area contributed by atoms with Gasteiger partial charge in [-0.25, -0.2) is 0 Å². The second-order valence-electron chi connectivity index (χ2n) is 10.0. The fourth-order valence-electron chi connectivity index (χ4n) is 5.64. The zero-order valence-corrected chi connectivity index (χ0v) is 21.5. The molecule has 0 saturated carbocycles. The molecule has 0 unspecified atom stereocenters. The Morgan fingerprint density at radius 3 is 1.68 bits per heavy atom. The maximum Gasteiger partial charge on any atom is 0.225 e. The van der Waals surface area contributed by atoms with Crippen LogP contribution in [0.15, 0.2) is 121 Å². The Labute approximate surface area is 220 Å². The topological polar surface area (TPSA) is 29.5 Å². The van der Waals surface area contributed by atoms with E-state index < -0.39 is 5.60 Å². The summed E-state index contributed by atoms with van der Waals surface area (Å²) in [5.74, 6) is 0.260. The summed E-state index contributed by atoms with van der Waals surface area (Å²) in [6, 6.07) is 41.9. The van der Waals surface area contributed by atoms with Gasteiger partial charge < -0.3 is 9.64 Å². The Balaban J connectivity index is 1.43. The summed E-state index contributed by atoms with van der Waals surface area (Å²) in [7, 11) is 0. The molecule has 0 aromatic heterocycles. The molecule has 1 fully saturated rings. The van der Waals surface area contributed by atoms with Gasteiger partial charge >= 0.3 is 0 Å². The van der Waals surface area contributed by atoms with Gasteiger partial charge in [0.2, 0.25) is 5.91 Å². The van der Waals surface area contributed by atoms with Crippen LogP contribution in [-0.4, -0.2) is 30.0 Å². The molecule has 1 aliphatic heterocycles. The van der Waals surface area contributed by atoms with E-state index in [1.807, 2.05) is 31.2 Å². The molecule has 1 saturated heterocycles. The summed E-state index contributed by atoms with van der Waals surface area (Å²) in [5, 5.41) is 0. The molecule has 3 nitrogen and oxygen atoms in total.